The van der Waals surface area contributed by atoms with E-state index < -0.39 is 11.6 Å². The Morgan fingerprint density at radius 1 is 1.05 bits per heavy atom. The Bertz CT molecular complexity index is 1570. The Kier molecular flexibility index (Phi) is 8.62. The van der Waals surface area contributed by atoms with Crippen LogP contribution in [-0.4, -0.2) is 26.9 Å². The lowest BCUT2D eigenvalue weighted by molar-refractivity contribution is -0.138. The minimum atomic E-state index is -0.925. The molecule has 5 rings (SSSR count). The largest absolute Gasteiger partial charge is 0.481 e. The number of fused-ring (bicyclic) bond motifs is 1. The maximum absolute atomic E-state index is 13.7. The molecule has 2 N–H and O–H groups in total. The fourth-order valence-electron chi connectivity index (χ4n) is 5.36. The average Bonchev–Trinajstić information content (AvgIpc) is 3.70. The minimum absolute atomic E-state index is 0.0987. The first kappa shape index (κ1) is 29.0. The van der Waals surface area contributed by atoms with Gasteiger partial charge in [-0.2, -0.15) is 11.8 Å². The lowest BCUT2D eigenvalue weighted by Gasteiger charge is -2.24. The number of carboxylic acid groups (broad SMARTS) is 1. The van der Waals surface area contributed by atoms with E-state index in [1.807, 2.05) is 68.1 Å². The van der Waals surface area contributed by atoms with Crippen LogP contribution in [0, 0.1) is 11.2 Å². The molecule has 4 nitrogen and oxygen atoms in total. The number of nitrogens with zero attached hydrogens (tertiary/aromatic N) is 1. The molecular formula is C35H36FNO3S. The number of carboxylic acids is 1. The van der Waals surface area contributed by atoms with Crippen molar-refractivity contribution in [1.29, 1.82) is 0 Å². The van der Waals surface area contributed by atoms with Crippen LogP contribution < -0.4 is 0 Å². The van der Waals surface area contributed by atoms with Gasteiger partial charge in [0.05, 0.1) is 23.2 Å². The molecule has 1 fully saturated rings. The molecule has 1 aliphatic carbocycles. The predicted octanol–water partition coefficient (Wildman–Crippen LogP) is 8.43. The molecule has 0 unspecified atom stereocenters. The quantitative estimate of drug-likeness (QED) is 0.179. The number of hydrogen-bond acceptors (Lipinski definition) is 4. The fourth-order valence-corrected chi connectivity index (χ4v) is 6.93. The van der Waals surface area contributed by atoms with Crippen molar-refractivity contribution < 1.29 is 19.4 Å². The highest BCUT2D eigenvalue weighted by Gasteiger charge is 2.44. The zero-order valence-electron chi connectivity index (χ0n) is 23.5. The number of aryl methyl sites for hydroxylation is 1. The third kappa shape index (κ3) is 7.63. The van der Waals surface area contributed by atoms with Crippen LogP contribution in [0.3, 0.4) is 0 Å². The zero-order valence-corrected chi connectivity index (χ0v) is 24.3. The number of rotatable bonds is 12. The van der Waals surface area contributed by atoms with Gasteiger partial charge < -0.3 is 10.2 Å². The van der Waals surface area contributed by atoms with Gasteiger partial charge in [-0.1, -0.05) is 60.7 Å². The topological polar surface area (TPSA) is 70.4 Å². The number of halogens is 1. The first-order chi connectivity index (χ1) is 19.6. The number of hydrogen-bond donors (Lipinski definition) is 2. The number of benzene rings is 3. The summed E-state index contributed by atoms with van der Waals surface area (Å²) in [7, 11) is 0. The van der Waals surface area contributed by atoms with Crippen LogP contribution in [0.25, 0.3) is 23.1 Å². The predicted molar refractivity (Wildman–Crippen MR) is 166 cm³/mol. The molecule has 0 bridgehead atoms. The van der Waals surface area contributed by atoms with E-state index in [0.717, 1.165) is 59.2 Å². The van der Waals surface area contributed by atoms with Gasteiger partial charge >= 0.3 is 5.97 Å². The summed E-state index contributed by atoms with van der Waals surface area (Å²) in [6.45, 7) is 3.63. The molecule has 6 heteroatoms. The third-order valence-electron chi connectivity index (χ3n) is 7.83. The van der Waals surface area contributed by atoms with Gasteiger partial charge in [0.25, 0.3) is 0 Å². The highest BCUT2D eigenvalue weighted by atomic mass is 32.2. The van der Waals surface area contributed by atoms with E-state index in [1.54, 1.807) is 6.07 Å². The van der Waals surface area contributed by atoms with Crippen LogP contribution in [0.5, 0.6) is 0 Å². The molecule has 3 aromatic carbocycles. The molecule has 1 saturated carbocycles. The lowest BCUT2D eigenvalue weighted by atomic mass is 9.90. The third-order valence-corrected chi connectivity index (χ3v) is 9.52. The molecule has 1 aliphatic rings. The molecule has 41 heavy (non-hydrogen) atoms. The van der Waals surface area contributed by atoms with Crippen LogP contribution >= 0.6 is 11.8 Å². The van der Waals surface area contributed by atoms with Crippen LogP contribution in [0.4, 0.5) is 4.39 Å². The van der Waals surface area contributed by atoms with E-state index in [-0.39, 0.29) is 22.9 Å². The molecule has 0 spiro atoms. The Balaban J connectivity index is 1.37. The average molecular weight is 570 g/mol. The van der Waals surface area contributed by atoms with E-state index in [9.17, 15) is 19.4 Å². The Morgan fingerprint density at radius 2 is 1.83 bits per heavy atom. The summed E-state index contributed by atoms with van der Waals surface area (Å²) >= 11 is 1.85. The summed E-state index contributed by atoms with van der Waals surface area (Å²) in [5.41, 5.74) is 4.66. The Hall–Kier alpha value is -3.48. The second kappa shape index (κ2) is 12.2. The zero-order chi connectivity index (χ0) is 29.0. The maximum atomic E-state index is 13.7. The van der Waals surface area contributed by atoms with Gasteiger partial charge in [-0.25, -0.2) is 9.37 Å². The minimum Gasteiger partial charge on any atom is -0.481 e. The van der Waals surface area contributed by atoms with Crippen molar-refractivity contribution in [3.8, 4) is 0 Å². The standard InChI is InChI=1S/C35H36FNO3S/c1-34(2,40)30-9-4-3-7-25(30)13-17-32(41-23-35(18-19-35)22-33(38)39)27-8-5-6-24(20-27)10-15-29-16-12-26-11-14-28(36)21-31(26)37-29/h3-12,14-16,20-21,32,40H,13,17-19,22-23H2,1-2H3,(H,38,39)/b15-10+/t32-/m1/s1. The van der Waals surface area contributed by atoms with Gasteiger partial charge in [-0.05, 0) is 91.5 Å². The number of aliphatic hydroxyl groups is 1. The van der Waals surface area contributed by atoms with E-state index >= 15 is 0 Å². The van der Waals surface area contributed by atoms with Crippen LogP contribution in [0.15, 0.2) is 78.9 Å². The van der Waals surface area contributed by atoms with Gasteiger partial charge in [-0.15, -0.1) is 0 Å². The van der Waals surface area contributed by atoms with E-state index in [2.05, 4.69) is 35.3 Å². The van der Waals surface area contributed by atoms with Crippen LogP contribution in [0.1, 0.15) is 72.7 Å². The van der Waals surface area contributed by atoms with E-state index in [0.29, 0.717) is 5.52 Å². The van der Waals surface area contributed by atoms with Crippen molar-refractivity contribution in [2.24, 2.45) is 5.41 Å². The van der Waals surface area contributed by atoms with Gasteiger partial charge in [0.1, 0.15) is 5.82 Å². The maximum Gasteiger partial charge on any atom is 0.303 e. The summed E-state index contributed by atoms with van der Waals surface area (Å²) in [6.07, 6.45) is 7.79. The summed E-state index contributed by atoms with van der Waals surface area (Å²) < 4.78 is 13.7. The number of pyridine rings is 1. The molecule has 212 valence electrons. The first-order valence-corrected chi connectivity index (χ1v) is 15.1. The van der Waals surface area contributed by atoms with Gasteiger partial charge in [0.2, 0.25) is 0 Å². The molecule has 0 saturated heterocycles. The van der Waals surface area contributed by atoms with Gasteiger partial charge in [0.15, 0.2) is 0 Å². The molecule has 0 amide bonds. The highest BCUT2D eigenvalue weighted by molar-refractivity contribution is 7.99. The molecule has 1 heterocycles. The summed E-state index contributed by atoms with van der Waals surface area (Å²) in [6, 6.07) is 25.0. The van der Waals surface area contributed by atoms with Gasteiger partial charge in [-0.3, -0.25) is 4.79 Å². The lowest BCUT2D eigenvalue weighted by Crippen LogP contribution is -2.18. The molecule has 1 aromatic heterocycles. The normalized spacial score (nSPS) is 15.3. The fraction of sp³-hybridized carbons (Fsp3) is 0.314. The molecule has 0 aliphatic heterocycles. The van der Waals surface area contributed by atoms with Crippen molar-refractivity contribution in [3.05, 3.63) is 113 Å². The monoisotopic (exact) mass is 569 g/mol. The molecule has 4 aromatic rings. The SMILES string of the molecule is CC(C)(O)c1ccccc1CC[C@@H](SCC1(CC(=O)O)CC1)c1cccc(/C=C/c2ccc3ccc(F)cc3n2)c1. The number of aromatic nitrogens is 1. The van der Waals surface area contributed by atoms with Crippen LogP contribution in [-0.2, 0) is 16.8 Å². The summed E-state index contributed by atoms with van der Waals surface area (Å²) in [4.78, 5) is 16.1. The van der Waals surface area contributed by atoms with Crippen molar-refractivity contribution in [2.75, 3.05) is 5.75 Å². The highest BCUT2D eigenvalue weighted by Crippen LogP contribution is 2.53. The number of carbonyl (C=O) groups is 1. The van der Waals surface area contributed by atoms with Crippen molar-refractivity contribution >= 4 is 40.8 Å². The van der Waals surface area contributed by atoms with E-state index in [4.69, 9.17) is 0 Å². The summed E-state index contributed by atoms with van der Waals surface area (Å²) in [5, 5.41) is 21.2. The smallest absolute Gasteiger partial charge is 0.303 e. The van der Waals surface area contributed by atoms with E-state index in [1.165, 1.54) is 17.7 Å². The van der Waals surface area contributed by atoms with Crippen molar-refractivity contribution in [2.45, 2.75) is 56.8 Å². The molecular weight excluding hydrogens is 533 g/mol. The Morgan fingerprint density at radius 3 is 2.59 bits per heavy atom. The Labute approximate surface area is 245 Å². The first-order valence-electron chi connectivity index (χ1n) is 14.1. The molecule has 0 radical (unpaired) electrons. The molecule has 1 atom stereocenters. The number of thioether (sulfide) groups is 1. The summed E-state index contributed by atoms with van der Waals surface area (Å²) in [5.74, 6) is -0.214. The number of aliphatic carboxylic acids is 1. The van der Waals surface area contributed by atoms with Crippen LogP contribution in [0.2, 0.25) is 0 Å². The van der Waals surface area contributed by atoms with Crippen molar-refractivity contribution in [1.82, 2.24) is 4.98 Å². The second-order valence-electron chi connectivity index (χ2n) is 11.7. The van der Waals surface area contributed by atoms with Gasteiger partial charge in [0, 0.05) is 22.5 Å². The second-order valence-corrected chi connectivity index (χ2v) is 12.9. The van der Waals surface area contributed by atoms with Crippen molar-refractivity contribution in [3.63, 3.8) is 0 Å².